The molecule has 21 heavy (non-hydrogen) atoms. The molecule has 1 heterocycles. The molecule has 2 N–H and O–H groups in total. The van der Waals surface area contributed by atoms with Crippen molar-refractivity contribution < 1.29 is 9.13 Å². The van der Waals surface area contributed by atoms with Crippen LogP contribution in [0.5, 0.6) is 0 Å². The highest BCUT2D eigenvalue weighted by molar-refractivity contribution is 7.94. The van der Waals surface area contributed by atoms with E-state index in [4.69, 9.17) is 5.73 Å². The van der Waals surface area contributed by atoms with Gasteiger partial charge in [-0.1, -0.05) is 24.3 Å². The number of nitrogens with two attached hydrogens (primary N) is 1. The SMILES string of the molecule is NC1=Nc2ccccc2S(=O)(c2ccccc2[N+](=O)[O-])=N1. The van der Waals surface area contributed by atoms with Gasteiger partial charge in [0.1, 0.15) is 14.6 Å². The Bertz CT molecular complexity index is 898. The average Bonchev–Trinajstić information content (AvgIpc) is 2.47. The fraction of sp³-hybridized carbons (Fsp3) is 0. The molecule has 1 aliphatic heterocycles. The third-order valence-corrected chi connectivity index (χ3v) is 5.31. The third-order valence-electron chi connectivity index (χ3n) is 2.98. The molecule has 106 valence electrons. The normalized spacial score (nSPS) is 20.1. The van der Waals surface area contributed by atoms with Crippen LogP contribution in [0, 0.1) is 10.1 Å². The van der Waals surface area contributed by atoms with Gasteiger partial charge < -0.3 is 5.73 Å². The van der Waals surface area contributed by atoms with Gasteiger partial charge in [0, 0.05) is 6.07 Å². The van der Waals surface area contributed by atoms with Crippen LogP contribution in [0.1, 0.15) is 0 Å². The Balaban J connectivity index is 2.40. The van der Waals surface area contributed by atoms with Crippen molar-refractivity contribution in [3.05, 3.63) is 58.6 Å². The molecule has 1 atom stereocenters. The number of nitro groups is 1. The molecular formula is C13H10N4O3S. The Morgan fingerprint density at radius 3 is 2.38 bits per heavy atom. The highest BCUT2D eigenvalue weighted by Crippen LogP contribution is 2.37. The number of nitro benzene ring substituents is 1. The van der Waals surface area contributed by atoms with Gasteiger partial charge >= 0.3 is 0 Å². The zero-order chi connectivity index (χ0) is 15.0. The van der Waals surface area contributed by atoms with E-state index in [-0.39, 0.29) is 16.5 Å². The second kappa shape index (κ2) is 4.67. The van der Waals surface area contributed by atoms with Gasteiger partial charge in [-0.15, -0.1) is 0 Å². The summed E-state index contributed by atoms with van der Waals surface area (Å²) in [5, 5.41) is 11.2. The summed E-state index contributed by atoms with van der Waals surface area (Å²) in [5.41, 5.74) is 5.78. The topological polar surface area (TPSA) is 111 Å². The van der Waals surface area contributed by atoms with Crippen LogP contribution in [0.15, 0.2) is 67.7 Å². The molecule has 0 radical (unpaired) electrons. The molecule has 7 nitrogen and oxygen atoms in total. The molecule has 0 aliphatic carbocycles. The van der Waals surface area contributed by atoms with Crippen LogP contribution < -0.4 is 5.73 Å². The van der Waals surface area contributed by atoms with Crippen molar-refractivity contribution >= 4 is 27.1 Å². The quantitative estimate of drug-likeness (QED) is 0.678. The van der Waals surface area contributed by atoms with E-state index in [0.29, 0.717) is 10.6 Å². The number of benzene rings is 2. The minimum atomic E-state index is -3.23. The minimum absolute atomic E-state index is 0.0281. The standard InChI is InChI=1S/C13H10N4O3S/c14-13-15-9-5-1-3-7-11(9)21(20,16-13)12-8-4-2-6-10(12)17(18)19/h1-8H,(H2,14,15,16,20). The van der Waals surface area contributed by atoms with Crippen molar-refractivity contribution in [3.8, 4) is 0 Å². The smallest absolute Gasteiger partial charge is 0.286 e. The molecule has 8 heteroatoms. The lowest BCUT2D eigenvalue weighted by molar-refractivity contribution is -0.387. The van der Waals surface area contributed by atoms with Crippen LogP contribution in [0.25, 0.3) is 0 Å². The molecule has 2 aromatic rings. The van der Waals surface area contributed by atoms with E-state index in [9.17, 15) is 14.3 Å². The fourth-order valence-corrected chi connectivity index (χ4v) is 4.20. The molecule has 0 fully saturated rings. The largest absolute Gasteiger partial charge is 0.367 e. The summed E-state index contributed by atoms with van der Waals surface area (Å²) in [6, 6.07) is 12.5. The number of para-hydroxylation sites is 2. The Kier molecular flexibility index (Phi) is 2.95. The Labute approximate surface area is 120 Å². The van der Waals surface area contributed by atoms with E-state index in [1.807, 2.05) is 0 Å². The summed E-state index contributed by atoms with van der Waals surface area (Å²) in [5.74, 6) is -0.156. The average molecular weight is 302 g/mol. The minimum Gasteiger partial charge on any atom is -0.367 e. The van der Waals surface area contributed by atoms with Gasteiger partial charge in [-0.2, -0.15) is 4.36 Å². The summed E-state index contributed by atoms with van der Waals surface area (Å²) in [6.07, 6.45) is 0. The van der Waals surface area contributed by atoms with E-state index in [0.717, 1.165) is 0 Å². The number of fused-ring (bicyclic) bond motifs is 1. The second-order valence-electron chi connectivity index (χ2n) is 4.28. The predicted octanol–water partition coefficient (Wildman–Crippen LogP) is 2.44. The van der Waals surface area contributed by atoms with E-state index in [2.05, 4.69) is 9.36 Å². The maximum absolute atomic E-state index is 13.3. The first-order valence-electron chi connectivity index (χ1n) is 5.96. The molecule has 0 saturated heterocycles. The summed E-state index contributed by atoms with van der Waals surface area (Å²) < 4.78 is 17.3. The predicted molar refractivity (Wildman–Crippen MR) is 77.9 cm³/mol. The zero-order valence-corrected chi connectivity index (χ0v) is 11.5. The number of guanidine groups is 1. The van der Waals surface area contributed by atoms with Crippen LogP contribution in [0.3, 0.4) is 0 Å². The zero-order valence-electron chi connectivity index (χ0n) is 10.7. The van der Waals surface area contributed by atoms with E-state index in [1.54, 1.807) is 30.3 Å². The molecule has 1 unspecified atom stereocenters. The molecule has 3 rings (SSSR count). The van der Waals surface area contributed by atoms with Crippen molar-refractivity contribution in [2.24, 2.45) is 15.1 Å². The molecule has 0 amide bonds. The van der Waals surface area contributed by atoms with Gasteiger partial charge in [-0.25, -0.2) is 9.20 Å². The highest BCUT2D eigenvalue weighted by Gasteiger charge is 2.29. The van der Waals surface area contributed by atoms with Crippen molar-refractivity contribution in [3.63, 3.8) is 0 Å². The van der Waals surface area contributed by atoms with Gasteiger partial charge in [0.05, 0.1) is 15.5 Å². The molecule has 2 aromatic carbocycles. The first kappa shape index (κ1) is 13.3. The van der Waals surface area contributed by atoms with Crippen molar-refractivity contribution in [1.82, 2.24) is 0 Å². The number of hydrogen-bond acceptors (Lipinski definition) is 6. The maximum atomic E-state index is 13.3. The van der Waals surface area contributed by atoms with Crippen LogP contribution >= 0.6 is 0 Å². The molecule has 0 spiro atoms. The lowest BCUT2D eigenvalue weighted by atomic mass is 10.3. The van der Waals surface area contributed by atoms with Crippen LogP contribution in [0.4, 0.5) is 11.4 Å². The third kappa shape index (κ3) is 2.05. The van der Waals surface area contributed by atoms with E-state index in [1.165, 1.54) is 18.2 Å². The van der Waals surface area contributed by atoms with Crippen LogP contribution in [-0.4, -0.2) is 15.1 Å². The first-order chi connectivity index (χ1) is 10.0. The van der Waals surface area contributed by atoms with Gasteiger partial charge in [0.2, 0.25) is 5.96 Å². The van der Waals surface area contributed by atoms with Crippen molar-refractivity contribution in [2.75, 3.05) is 0 Å². The molecular weight excluding hydrogens is 292 g/mol. The van der Waals surface area contributed by atoms with Crippen LogP contribution in [-0.2, 0) is 9.73 Å². The number of hydrogen-bond donors (Lipinski definition) is 1. The summed E-state index contributed by atoms with van der Waals surface area (Å²) in [6.45, 7) is 0. The van der Waals surface area contributed by atoms with Gasteiger partial charge in [0.25, 0.3) is 5.69 Å². The second-order valence-corrected chi connectivity index (χ2v) is 6.39. The Morgan fingerprint density at radius 2 is 1.67 bits per heavy atom. The summed E-state index contributed by atoms with van der Waals surface area (Å²) >= 11 is 0. The Hall–Kier alpha value is -2.74. The summed E-state index contributed by atoms with van der Waals surface area (Å²) in [4.78, 5) is 15.0. The molecule has 1 aliphatic rings. The molecule has 0 aromatic heterocycles. The van der Waals surface area contributed by atoms with E-state index < -0.39 is 14.7 Å². The van der Waals surface area contributed by atoms with Crippen molar-refractivity contribution in [1.29, 1.82) is 0 Å². The number of nitrogens with zero attached hydrogens (tertiary/aromatic N) is 3. The lowest BCUT2D eigenvalue weighted by Crippen LogP contribution is -2.17. The van der Waals surface area contributed by atoms with Gasteiger partial charge in [-0.05, 0) is 18.2 Å². The Morgan fingerprint density at radius 1 is 1.05 bits per heavy atom. The molecule has 0 bridgehead atoms. The van der Waals surface area contributed by atoms with Gasteiger partial charge in [-0.3, -0.25) is 10.1 Å². The number of rotatable bonds is 2. The van der Waals surface area contributed by atoms with Crippen LogP contribution in [0.2, 0.25) is 0 Å². The summed E-state index contributed by atoms with van der Waals surface area (Å²) in [7, 11) is -3.23. The number of aliphatic imine (C=N–C) groups is 1. The maximum Gasteiger partial charge on any atom is 0.286 e. The lowest BCUT2D eigenvalue weighted by Gasteiger charge is -2.16. The molecule has 0 saturated carbocycles. The van der Waals surface area contributed by atoms with Crippen molar-refractivity contribution in [2.45, 2.75) is 9.79 Å². The monoisotopic (exact) mass is 302 g/mol. The van der Waals surface area contributed by atoms with Gasteiger partial charge in [0.15, 0.2) is 0 Å². The first-order valence-corrected chi connectivity index (χ1v) is 7.48. The van der Waals surface area contributed by atoms with E-state index >= 15 is 0 Å². The highest BCUT2D eigenvalue weighted by atomic mass is 32.2. The fourth-order valence-electron chi connectivity index (χ4n) is 2.12.